The number of anilines is 2. The summed E-state index contributed by atoms with van der Waals surface area (Å²) >= 11 is 11.6. The third-order valence-corrected chi connectivity index (χ3v) is 3.29. The van der Waals surface area contributed by atoms with Gasteiger partial charge >= 0.3 is 12.2 Å². The highest BCUT2D eigenvalue weighted by molar-refractivity contribution is 6.31. The summed E-state index contributed by atoms with van der Waals surface area (Å²) in [5, 5.41) is 6.00. The first-order chi connectivity index (χ1) is 12.5. The lowest BCUT2D eigenvalue weighted by atomic mass is 10.3. The highest BCUT2D eigenvalue weighted by Gasteiger charge is 2.03. The van der Waals surface area contributed by atoms with E-state index in [0.29, 0.717) is 21.4 Å². The predicted molar refractivity (Wildman–Crippen MR) is 101 cm³/mol. The van der Waals surface area contributed by atoms with Crippen molar-refractivity contribution in [2.24, 2.45) is 0 Å². The van der Waals surface area contributed by atoms with E-state index in [1.165, 1.54) is 0 Å². The molecule has 2 N–H and O–H groups in total. The summed E-state index contributed by atoms with van der Waals surface area (Å²) in [6.45, 7) is -0.294. The molecule has 2 aromatic carbocycles. The van der Waals surface area contributed by atoms with Gasteiger partial charge in [-0.1, -0.05) is 47.2 Å². The quantitative estimate of drug-likeness (QED) is 0.732. The van der Waals surface area contributed by atoms with E-state index in [-0.39, 0.29) is 13.2 Å². The normalized spacial score (nSPS) is 9.46. The minimum absolute atomic E-state index is 0.147. The number of benzene rings is 2. The van der Waals surface area contributed by atoms with Crippen molar-refractivity contribution in [1.82, 2.24) is 0 Å². The fourth-order valence-corrected chi connectivity index (χ4v) is 2.13. The van der Waals surface area contributed by atoms with Gasteiger partial charge in [-0.15, -0.1) is 0 Å². The van der Waals surface area contributed by atoms with E-state index in [0.717, 1.165) is 0 Å². The van der Waals surface area contributed by atoms with Gasteiger partial charge in [0.15, 0.2) is 13.2 Å². The molecule has 0 aromatic heterocycles. The molecule has 8 heteroatoms. The first kappa shape index (κ1) is 19.4. The van der Waals surface area contributed by atoms with E-state index in [9.17, 15) is 9.59 Å². The van der Waals surface area contributed by atoms with Gasteiger partial charge in [0.05, 0.1) is 0 Å². The summed E-state index contributed by atoms with van der Waals surface area (Å²) in [6.07, 6.45) is -1.33. The van der Waals surface area contributed by atoms with E-state index < -0.39 is 12.2 Å². The lowest BCUT2D eigenvalue weighted by Crippen LogP contribution is -2.14. The molecule has 0 unspecified atom stereocenters. The summed E-state index contributed by atoms with van der Waals surface area (Å²) in [6, 6.07) is 13.3. The Morgan fingerprint density at radius 1 is 0.808 bits per heavy atom. The second-order valence-electron chi connectivity index (χ2n) is 4.78. The van der Waals surface area contributed by atoms with Crippen LogP contribution in [0.2, 0.25) is 10.0 Å². The predicted octanol–water partition coefficient (Wildman–Crippen LogP) is 4.79. The van der Waals surface area contributed by atoms with Crippen LogP contribution in [0.1, 0.15) is 0 Å². The summed E-state index contributed by atoms with van der Waals surface area (Å²) in [5.41, 5.74) is 1.02. The molecule has 0 heterocycles. The fraction of sp³-hybridized carbons (Fsp3) is 0.111. The molecule has 26 heavy (non-hydrogen) atoms. The average Bonchev–Trinajstić information content (AvgIpc) is 2.58. The Bertz CT molecular complexity index is 779. The monoisotopic (exact) mass is 392 g/mol. The van der Waals surface area contributed by atoms with Gasteiger partial charge in [0.2, 0.25) is 0 Å². The maximum absolute atomic E-state index is 11.5. The Morgan fingerprint density at radius 2 is 1.23 bits per heavy atom. The smallest absolute Gasteiger partial charge is 0.412 e. The van der Waals surface area contributed by atoms with Crippen LogP contribution in [0, 0.1) is 11.8 Å². The minimum Gasteiger partial charge on any atom is -0.436 e. The van der Waals surface area contributed by atoms with Crippen molar-refractivity contribution in [3.8, 4) is 11.8 Å². The van der Waals surface area contributed by atoms with Gasteiger partial charge in [-0.2, -0.15) is 0 Å². The highest BCUT2D eigenvalue weighted by Crippen LogP contribution is 2.15. The van der Waals surface area contributed by atoms with Crippen LogP contribution >= 0.6 is 23.2 Å². The van der Waals surface area contributed by atoms with Gasteiger partial charge in [0.1, 0.15) is 0 Å². The molecule has 6 nitrogen and oxygen atoms in total. The van der Waals surface area contributed by atoms with E-state index in [1.807, 2.05) is 0 Å². The summed E-state index contributed by atoms with van der Waals surface area (Å²) in [7, 11) is 0. The molecular formula is C18H14Cl2N2O4. The standard InChI is InChI=1S/C18H14Cl2N2O4/c19-13-5-3-7-15(11-13)21-17(23)25-9-1-2-10-26-18(24)22-16-8-4-6-14(20)12-16/h3-8,11-12H,9-10H2,(H,21,23)(H,22,24). The van der Waals surface area contributed by atoms with E-state index in [4.69, 9.17) is 32.7 Å². The molecule has 0 saturated carbocycles. The Labute approximate surface area is 160 Å². The van der Waals surface area contributed by atoms with Crippen molar-refractivity contribution in [3.63, 3.8) is 0 Å². The molecule has 0 fully saturated rings. The van der Waals surface area contributed by atoms with E-state index >= 15 is 0 Å². The molecule has 2 amide bonds. The molecule has 0 saturated heterocycles. The van der Waals surface area contributed by atoms with Crippen molar-refractivity contribution in [2.45, 2.75) is 0 Å². The Balaban J connectivity index is 1.64. The van der Waals surface area contributed by atoms with Gasteiger partial charge in [-0.3, -0.25) is 10.6 Å². The number of carbonyl (C=O) groups excluding carboxylic acids is 2. The van der Waals surface area contributed by atoms with Gasteiger partial charge < -0.3 is 9.47 Å². The number of hydrogen-bond donors (Lipinski definition) is 2. The number of hydrogen-bond acceptors (Lipinski definition) is 4. The van der Waals surface area contributed by atoms with Crippen LogP contribution in [0.3, 0.4) is 0 Å². The maximum Gasteiger partial charge on any atom is 0.412 e. The number of rotatable bonds is 4. The van der Waals surface area contributed by atoms with Gasteiger partial charge in [-0.05, 0) is 36.4 Å². The minimum atomic E-state index is -0.666. The van der Waals surface area contributed by atoms with Crippen LogP contribution in [-0.2, 0) is 9.47 Å². The lowest BCUT2D eigenvalue weighted by Gasteiger charge is -2.05. The summed E-state index contributed by atoms with van der Waals surface area (Å²) in [5.74, 6) is 5.11. The van der Waals surface area contributed by atoms with Crippen molar-refractivity contribution in [1.29, 1.82) is 0 Å². The number of halogens is 2. The molecular weight excluding hydrogens is 379 g/mol. The number of nitrogens with one attached hydrogen (secondary N) is 2. The Morgan fingerprint density at radius 3 is 1.62 bits per heavy atom. The number of ether oxygens (including phenoxy) is 2. The molecule has 0 aliphatic carbocycles. The van der Waals surface area contributed by atoms with E-state index in [1.54, 1.807) is 48.5 Å². The second-order valence-corrected chi connectivity index (χ2v) is 5.65. The second kappa shape index (κ2) is 10.2. The largest absolute Gasteiger partial charge is 0.436 e. The fourth-order valence-electron chi connectivity index (χ4n) is 1.75. The lowest BCUT2D eigenvalue weighted by molar-refractivity contribution is 0.173. The van der Waals surface area contributed by atoms with Crippen LogP contribution < -0.4 is 10.6 Å². The summed E-state index contributed by atoms with van der Waals surface area (Å²) < 4.78 is 9.73. The third-order valence-electron chi connectivity index (χ3n) is 2.82. The molecule has 0 aliphatic rings. The molecule has 0 atom stereocenters. The highest BCUT2D eigenvalue weighted by atomic mass is 35.5. The van der Waals surface area contributed by atoms with Crippen LogP contribution in [-0.4, -0.2) is 25.4 Å². The summed E-state index contributed by atoms with van der Waals surface area (Å²) in [4.78, 5) is 23.1. The number of amides is 2. The third kappa shape index (κ3) is 7.34. The average molecular weight is 393 g/mol. The maximum atomic E-state index is 11.5. The van der Waals surface area contributed by atoms with Crippen molar-refractivity contribution >= 4 is 46.8 Å². The van der Waals surface area contributed by atoms with Crippen LogP contribution in [0.4, 0.5) is 21.0 Å². The topological polar surface area (TPSA) is 76.7 Å². The Kier molecular flexibility index (Phi) is 7.62. The molecule has 0 bridgehead atoms. The zero-order valence-electron chi connectivity index (χ0n) is 13.4. The van der Waals surface area contributed by atoms with Crippen LogP contribution in [0.15, 0.2) is 48.5 Å². The first-order valence-corrected chi connectivity index (χ1v) is 8.13. The van der Waals surface area contributed by atoms with Gasteiger partial charge in [-0.25, -0.2) is 9.59 Å². The number of carbonyl (C=O) groups is 2. The molecule has 0 spiro atoms. The zero-order chi connectivity index (χ0) is 18.8. The van der Waals surface area contributed by atoms with Gasteiger partial charge in [0, 0.05) is 21.4 Å². The van der Waals surface area contributed by atoms with Crippen molar-refractivity contribution in [3.05, 3.63) is 58.6 Å². The zero-order valence-corrected chi connectivity index (χ0v) is 14.9. The van der Waals surface area contributed by atoms with Gasteiger partial charge in [0.25, 0.3) is 0 Å². The molecule has 2 rings (SSSR count). The Hall–Kier alpha value is -2.88. The SMILES string of the molecule is O=C(Nc1cccc(Cl)c1)OCC#CCOC(=O)Nc1cccc(Cl)c1. The molecule has 0 radical (unpaired) electrons. The van der Waals surface area contributed by atoms with Crippen molar-refractivity contribution in [2.75, 3.05) is 23.8 Å². The molecule has 134 valence electrons. The molecule has 0 aliphatic heterocycles. The van der Waals surface area contributed by atoms with Crippen LogP contribution in [0.25, 0.3) is 0 Å². The van der Waals surface area contributed by atoms with Crippen molar-refractivity contribution < 1.29 is 19.1 Å². The van der Waals surface area contributed by atoms with Crippen LogP contribution in [0.5, 0.6) is 0 Å². The van der Waals surface area contributed by atoms with E-state index in [2.05, 4.69) is 22.5 Å². The first-order valence-electron chi connectivity index (χ1n) is 7.37. The molecule has 2 aromatic rings.